The molecule has 3 fully saturated rings. The molecule has 14 heteroatoms. The number of nitrogens with zero attached hydrogens (tertiary/aromatic N) is 7. The molecule has 2 N–H and O–H groups in total. The van der Waals surface area contributed by atoms with Crippen molar-refractivity contribution in [1.82, 2.24) is 34.7 Å². The van der Waals surface area contributed by atoms with Crippen LogP contribution in [0.4, 0.5) is 15.9 Å². The van der Waals surface area contributed by atoms with Crippen LogP contribution in [-0.2, 0) is 14.4 Å². The average molecular weight is 718 g/mol. The first kappa shape index (κ1) is 37.2. The first-order valence-electron chi connectivity index (χ1n) is 18.7. The van der Waals surface area contributed by atoms with Crippen LogP contribution in [0.3, 0.4) is 0 Å². The van der Waals surface area contributed by atoms with E-state index in [0.717, 1.165) is 38.5 Å². The zero-order chi connectivity index (χ0) is 37.1. The quantitative estimate of drug-likeness (QED) is 0.247. The molecule has 0 radical (unpaired) electrons. The van der Waals surface area contributed by atoms with E-state index in [1.165, 1.54) is 17.0 Å². The highest BCUT2D eigenvalue weighted by atomic mass is 19.1. The summed E-state index contributed by atoms with van der Waals surface area (Å²) in [5.41, 5.74) is 0.850. The predicted octanol–water partition coefficient (Wildman–Crippen LogP) is 4.61. The van der Waals surface area contributed by atoms with E-state index in [4.69, 9.17) is 0 Å². The Hall–Kier alpha value is -4.59. The number of rotatable bonds is 13. The largest absolute Gasteiger partial charge is 0.338 e. The molecule has 3 atom stereocenters. The molecule has 2 aliphatic carbocycles. The number of likely N-dealkylation sites (N-methyl/N-ethyl adjacent to an activating group) is 1. The van der Waals surface area contributed by atoms with E-state index in [-0.39, 0.29) is 29.6 Å². The molecule has 280 valence electrons. The summed E-state index contributed by atoms with van der Waals surface area (Å²) in [6.07, 6.45) is 9.13. The zero-order valence-electron chi connectivity index (χ0n) is 30.9. The van der Waals surface area contributed by atoms with Gasteiger partial charge in [0.2, 0.25) is 18.2 Å². The fraction of sp³-hybridized carbons (Fsp3) is 0.579. The van der Waals surface area contributed by atoms with Crippen molar-refractivity contribution >= 4 is 35.6 Å². The Bertz CT molecular complexity index is 1740. The lowest BCUT2D eigenvalue weighted by Gasteiger charge is -2.37. The van der Waals surface area contributed by atoms with Crippen molar-refractivity contribution in [3.05, 3.63) is 59.8 Å². The predicted molar refractivity (Wildman–Crippen MR) is 195 cm³/mol. The number of piperazine rings is 1. The van der Waals surface area contributed by atoms with E-state index >= 15 is 4.39 Å². The number of carbonyl (C=O) groups excluding carboxylic acids is 4. The van der Waals surface area contributed by atoms with Crippen LogP contribution in [-0.4, -0.2) is 98.8 Å². The summed E-state index contributed by atoms with van der Waals surface area (Å²) in [7, 11) is 2.00. The van der Waals surface area contributed by atoms with Gasteiger partial charge in [0.25, 0.3) is 5.91 Å². The number of carbonyl (C=O) groups is 4. The molecule has 3 aromatic rings. The van der Waals surface area contributed by atoms with Crippen molar-refractivity contribution in [3.8, 4) is 0 Å². The van der Waals surface area contributed by atoms with E-state index in [2.05, 4.69) is 32.7 Å². The van der Waals surface area contributed by atoms with Crippen LogP contribution in [0.2, 0.25) is 0 Å². The van der Waals surface area contributed by atoms with E-state index < -0.39 is 35.6 Å². The van der Waals surface area contributed by atoms with Crippen LogP contribution in [0.5, 0.6) is 0 Å². The number of aromatic nitrogens is 4. The molecule has 1 aromatic carbocycles. The zero-order valence-corrected chi connectivity index (χ0v) is 30.9. The maximum Gasteiger partial charge on any atom is 0.270 e. The van der Waals surface area contributed by atoms with E-state index in [1.807, 2.05) is 20.9 Å². The molecule has 0 unspecified atom stereocenters. The van der Waals surface area contributed by atoms with Crippen LogP contribution in [0.15, 0.2) is 42.7 Å². The van der Waals surface area contributed by atoms with Crippen LogP contribution in [0.25, 0.3) is 0 Å². The average Bonchev–Trinajstić information content (AvgIpc) is 3.63. The number of hydrogen-bond acceptors (Lipinski definition) is 7. The van der Waals surface area contributed by atoms with Crippen molar-refractivity contribution in [2.45, 2.75) is 96.3 Å². The molecule has 3 aliphatic rings. The molecule has 1 saturated heterocycles. The first-order valence-corrected chi connectivity index (χ1v) is 18.7. The maximum atomic E-state index is 16.0. The third kappa shape index (κ3) is 8.06. The summed E-state index contributed by atoms with van der Waals surface area (Å²) >= 11 is 0. The molecule has 52 heavy (non-hydrogen) atoms. The summed E-state index contributed by atoms with van der Waals surface area (Å²) in [6, 6.07) is 6.13. The number of nitrogens with one attached hydrogen (secondary N) is 2. The van der Waals surface area contributed by atoms with Gasteiger partial charge in [0.1, 0.15) is 29.4 Å². The lowest BCUT2D eigenvalue weighted by molar-refractivity contribution is -0.135. The van der Waals surface area contributed by atoms with Crippen molar-refractivity contribution in [1.29, 1.82) is 0 Å². The Kier molecular flexibility index (Phi) is 11.4. The second-order valence-electron chi connectivity index (χ2n) is 15.2. The summed E-state index contributed by atoms with van der Waals surface area (Å²) < 4.78 is 19.4. The third-order valence-electron chi connectivity index (χ3n) is 11.0. The molecule has 1 aliphatic heterocycles. The highest BCUT2D eigenvalue weighted by Gasteiger charge is 2.39. The van der Waals surface area contributed by atoms with Crippen LogP contribution in [0, 0.1) is 17.7 Å². The summed E-state index contributed by atoms with van der Waals surface area (Å²) in [4.78, 5) is 59.8. The normalized spacial score (nSPS) is 21.3. The Morgan fingerprint density at radius 2 is 1.63 bits per heavy atom. The Balaban J connectivity index is 1.24. The number of hydrogen-bond donors (Lipinski definition) is 2. The first-order chi connectivity index (χ1) is 25.0. The fourth-order valence-corrected chi connectivity index (χ4v) is 7.60. The molecule has 6 rings (SSSR count). The van der Waals surface area contributed by atoms with Gasteiger partial charge >= 0.3 is 0 Å². The van der Waals surface area contributed by atoms with Crippen molar-refractivity contribution in [3.63, 3.8) is 0 Å². The monoisotopic (exact) mass is 717 g/mol. The maximum absolute atomic E-state index is 16.0. The Morgan fingerprint density at radius 1 is 0.942 bits per heavy atom. The van der Waals surface area contributed by atoms with Gasteiger partial charge in [-0.25, -0.2) is 9.07 Å². The highest BCUT2D eigenvalue weighted by molar-refractivity contribution is 6.00. The molecule has 13 nitrogen and oxygen atoms in total. The van der Waals surface area contributed by atoms with Gasteiger partial charge in [0.05, 0.1) is 17.9 Å². The van der Waals surface area contributed by atoms with Gasteiger partial charge in [-0.15, -0.1) is 0 Å². The van der Waals surface area contributed by atoms with Gasteiger partial charge in [-0.05, 0) is 82.2 Å². The number of benzene rings is 1. The minimum Gasteiger partial charge on any atom is -0.338 e. The highest BCUT2D eigenvalue weighted by Crippen LogP contribution is 2.36. The second kappa shape index (κ2) is 16.0. The van der Waals surface area contributed by atoms with E-state index in [1.54, 1.807) is 51.8 Å². The van der Waals surface area contributed by atoms with Crippen molar-refractivity contribution in [2.24, 2.45) is 11.8 Å². The smallest absolute Gasteiger partial charge is 0.270 e. The van der Waals surface area contributed by atoms with Gasteiger partial charge in [-0.1, -0.05) is 32.8 Å². The van der Waals surface area contributed by atoms with Crippen LogP contribution in [0.1, 0.15) is 100 Å². The van der Waals surface area contributed by atoms with Crippen LogP contribution >= 0.6 is 0 Å². The lowest BCUT2D eigenvalue weighted by atomic mass is 9.78. The number of anilines is 2. The molecular weight excluding hydrogens is 665 g/mol. The van der Waals surface area contributed by atoms with Gasteiger partial charge in [0.15, 0.2) is 0 Å². The summed E-state index contributed by atoms with van der Waals surface area (Å²) in [6.45, 7) is 10.3. The minimum atomic E-state index is -0.969. The topological polar surface area (TPSA) is 138 Å². The Morgan fingerprint density at radius 3 is 2.27 bits per heavy atom. The molecule has 2 aromatic heterocycles. The van der Waals surface area contributed by atoms with Gasteiger partial charge < -0.3 is 20.4 Å². The summed E-state index contributed by atoms with van der Waals surface area (Å²) in [5, 5.41) is 14.5. The van der Waals surface area contributed by atoms with Crippen LogP contribution < -0.4 is 15.5 Å². The standard InChI is InChI=1S/C38H52FN9O4/c1-24(2)47-33(15-17-40-47)46(23-49)35(27-8-6-25(3)7-9-27)37(51)42-31-13-10-28(22-30(31)39)26(4)34(38(52)45-20-18-44(5)19-21-45)43-36(50)32-14-16-41-48(32)29-11-12-29/h10,13-17,22-27,29,34-35H,6-9,11-12,18-21H2,1-5H3,(H,42,51)(H,43,50)/t25?,26-,27?,34+,35-/m0/s1. The molecule has 2 saturated carbocycles. The lowest BCUT2D eigenvalue weighted by Crippen LogP contribution is -2.55. The SMILES string of the molecule is CC1CCC([C@@H](C(=O)Nc2ccc([C@H](C)[C@@H](NC(=O)c3ccnn3C3CC3)C(=O)N3CCN(C)CC3)cc2F)N(C=O)c2ccnn2C(C)C)CC1. The second-order valence-corrected chi connectivity index (χ2v) is 15.2. The fourth-order valence-electron chi connectivity index (χ4n) is 7.60. The third-order valence-corrected chi connectivity index (χ3v) is 11.0. The molecule has 4 amide bonds. The van der Waals surface area contributed by atoms with Gasteiger partial charge in [-0.2, -0.15) is 10.2 Å². The van der Waals surface area contributed by atoms with Gasteiger partial charge in [0, 0.05) is 50.4 Å². The van der Waals surface area contributed by atoms with E-state index in [0.29, 0.717) is 55.6 Å². The van der Waals surface area contributed by atoms with Gasteiger partial charge in [-0.3, -0.25) is 28.8 Å². The van der Waals surface area contributed by atoms with E-state index in [9.17, 15) is 19.2 Å². The molecular formula is C38H52FN9O4. The number of amides is 4. The molecule has 0 spiro atoms. The molecule has 3 heterocycles. The Labute approximate surface area is 304 Å². The molecule has 0 bridgehead atoms. The number of halogens is 1. The van der Waals surface area contributed by atoms with Crippen molar-refractivity contribution in [2.75, 3.05) is 43.4 Å². The minimum absolute atomic E-state index is 0.0299. The van der Waals surface area contributed by atoms with Crippen molar-refractivity contribution < 1.29 is 23.6 Å². The summed E-state index contributed by atoms with van der Waals surface area (Å²) in [5.74, 6) is -1.50.